The second kappa shape index (κ2) is 8.08. The van der Waals surface area contributed by atoms with Gasteiger partial charge in [-0.1, -0.05) is 18.7 Å². The third-order valence-electron chi connectivity index (χ3n) is 3.28. The van der Waals surface area contributed by atoms with Crippen molar-refractivity contribution in [3.8, 4) is 0 Å². The van der Waals surface area contributed by atoms with Crippen LogP contribution in [0.3, 0.4) is 0 Å². The van der Waals surface area contributed by atoms with Gasteiger partial charge in [0.2, 0.25) is 21.1 Å². The third kappa shape index (κ3) is 5.75. The molecule has 1 aliphatic heterocycles. The summed E-state index contributed by atoms with van der Waals surface area (Å²) in [4.78, 5) is 16.0. The van der Waals surface area contributed by atoms with Crippen LogP contribution < -0.4 is 5.32 Å². The van der Waals surface area contributed by atoms with Crippen molar-refractivity contribution in [1.29, 1.82) is 0 Å². The molecule has 130 valence electrons. The highest BCUT2D eigenvalue weighted by Gasteiger charge is 2.26. The number of amides is 1. The van der Waals surface area contributed by atoms with E-state index in [2.05, 4.69) is 20.5 Å². The Balaban J connectivity index is 1.71. The van der Waals surface area contributed by atoms with Gasteiger partial charge in [-0.05, 0) is 0 Å². The lowest BCUT2D eigenvalue weighted by molar-refractivity contribution is -0.119. The molecular formula is C12H21N5O4S2. The van der Waals surface area contributed by atoms with E-state index in [1.807, 2.05) is 6.92 Å². The molecule has 0 spiro atoms. The van der Waals surface area contributed by atoms with Crippen LogP contribution in [-0.4, -0.2) is 78.2 Å². The number of nitrogens with one attached hydrogen (secondary N) is 2. The molecule has 0 bridgehead atoms. The molecule has 1 aromatic heterocycles. The molecule has 0 aliphatic carbocycles. The molecule has 1 unspecified atom stereocenters. The smallest absolute Gasteiger partial charge is 0.230 e. The number of rotatable bonds is 7. The Bertz CT molecular complexity index is 633. The van der Waals surface area contributed by atoms with Crippen LogP contribution in [0.5, 0.6) is 0 Å². The molecule has 0 saturated carbocycles. The van der Waals surface area contributed by atoms with Gasteiger partial charge in [-0.15, -0.1) is 5.10 Å². The molecule has 1 aromatic rings. The minimum Gasteiger partial charge on any atom is -0.374 e. The van der Waals surface area contributed by atoms with Crippen molar-refractivity contribution in [1.82, 2.24) is 24.8 Å². The average molecular weight is 363 g/mol. The summed E-state index contributed by atoms with van der Waals surface area (Å²) in [6.07, 6.45) is 1.60. The van der Waals surface area contributed by atoms with Crippen LogP contribution in [0.25, 0.3) is 0 Å². The number of morpholine rings is 1. The van der Waals surface area contributed by atoms with Crippen molar-refractivity contribution in [2.75, 3.05) is 38.2 Å². The summed E-state index contributed by atoms with van der Waals surface area (Å²) in [6.45, 7) is 3.18. The lowest BCUT2D eigenvalue weighted by Gasteiger charge is -2.31. The molecule has 1 fully saturated rings. The van der Waals surface area contributed by atoms with Gasteiger partial charge in [0.15, 0.2) is 0 Å². The topological polar surface area (TPSA) is 117 Å². The van der Waals surface area contributed by atoms with Crippen LogP contribution in [0.15, 0.2) is 5.16 Å². The van der Waals surface area contributed by atoms with Crippen molar-refractivity contribution < 1.29 is 17.9 Å². The highest BCUT2D eigenvalue weighted by molar-refractivity contribution is 7.99. The lowest BCUT2D eigenvalue weighted by Crippen LogP contribution is -2.49. The van der Waals surface area contributed by atoms with Crippen LogP contribution in [0, 0.1) is 0 Å². The van der Waals surface area contributed by atoms with E-state index in [0.717, 1.165) is 12.2 Å². The van der Waals surface area contributed by atoms with Crippen LogP contribution >= 0.6 is 11.8 Å². The second-order valence-corrected chi connectivity index (χ2v) is 8.05. The molecule has 2 heterocycles. The predicted octanol–water partition coefficient (Wildman–Crippen LogP) is -0.764. The quantitative estimate of drug-likeness (QED) is 0.611. The first-order valence-electron chi connectivity index (χ1n) is 7.26. The van der Waals surface area contributed by atoms with E-state index in [1.165, 1.54) is 22.3 Å². The van der Waals surface area contributed by atoms with Crippen molar-refractivity contribution in [2.24, 2.45) is 0 Å². The number of nitrogens with zero attached hydrogens (tertiary/aromatic N) is 3. The van der Waals surface area contributed by atoms with Gasteiger partial charge in [0.05, 0.1) is 24.7 Å². The standard InChI is InChI=1S/C12H21N5O4S2/c1-3-10-14-12(16-15-10)22-8-11(18)13-6-9-7-17(4-5-21-9)23(2,19)20/h9H,3-8H2,1-2H3,(H,13,18)(H,14,15,16). The van der Waals surface area contributed by atoms with E-state index in [-0.39, 0.29) is 30.9 Å². The molecule has 1 amide bonds. The van der Waals surface area contributed by atoms with E-state index >= 15 is 0 Å². The molecule has 11 heteroatoms. The number of sulfonamides is 1. The zero-order valence-electron chi connectivity index (χ0n) is 13.1. The maximum absolute atomic E-state index is 11.8. The third-order valence-corrected chi connectivity index (χ3v) is 5.39. The summed E-state index contributed by atoms with van der Waals surface area (Å²) in [7, 11) is -3.23. The van der Waals surface area contributed by atoms with Crippen LogP contribution in [-0.2, 0) is 26.0 Å². The zero-order chi connectivity index (χ0) is 16.9. The first-order chi connectivity index (χ1) is 10.9. The van der Waals surface area contributed by atoms with E-state index < -0.39 is 10.0 Å². The van der Waals surface area contributed by atoms with Crippen molar-refractivity contribution in [3.05, 3.63) is 5.82 Å². The van der Waals surface area contributed by atoms with E-state index in [4.69, 9.17) is 4.74 Å². The van der Waals surface area contributed by atoms with E-state index in [0.29, 0.717) is 18.3 Å². The van der Waals surface area contributed by atoms with Gasteiger partial charge in [0.25, 0.3) is 0 Å². The van der Waals surface area contributed by atoms with Gasteiger partial charge in [-0.2, -0.15) is 4.31 Å². The fourth-order valence-electron chi connectivity index (χ4n) is 2.03. The molecule has 2 rings (SSSR count). The van der Waals surface area contributed by atoms with Crippen molar-refractivity contribution in [3.63, 3.8) is 0 Å². The number of carbonyl (C=O) groups excluding carboxylic acids is 1. The fourth-order valence-corrected chi connectivity index (χ4v) is 3.52. The summed E-state index contributed by atoms with van der Waals surface area (Å²) in [5.74, 6) is 0.811. The molecular weight excluding hydrogens is 342 g/mol. The zero-order valence-corrected chi connectivity index (χ0v) is 14.7. The number of H-pyrrole nitrogens is 1. The number of hydrogen-bond acceptors (Lipinski definition) is 7. The molecule has 23 heavy (non-hydrogen) atoms. The number of carbonyl (C=O) groups is 1. The Morgan fingerprint density at radius 1 is 1.57 bits per heavy atom. The minimum absolute atomic E-state index is 0.169. The maximum Gasteiger partial charge on any atom is 0.230 e. The summed E-state index contributed by atoms with van der Waals surface area (Å²) < 4.78 is 29.9. The normalized spacial score (nSPS) is 19.7. The molecule has 1 atom stereocenters. The predicted molar refractivity (Wildman–Crippen MR) is 85.7 cm³/mol. The second-order valence-electron chi connectivity index (χ2n) is 5.12. The highest BCUT2D eigenvalue weighted by Crippen LogP contribution is 2.12. The first kappa shape index (κ1) is 18.2. The largest absolute Gasteiger partial charge is 0.374 e. The minimum atomic E-state index is -3.23. The number of thioether (sulfide) groups is 1. The number of ether oxygens (including phenoxy) is 1. The monoisotopic (exact) mass is 363 g/mol. The van der Waals surface area contributed by atoms with Crippen LogP contribution in [0.1, 0.15) is 12.7 Å². The Morgan fingerprint density at radius 3 is 3.00 bits per heavy atom. The molecule has 1 saturated heterocycles. The Morgan fingerprint density at radius 2 is 2.35 bits per heavy atom. The molecule has 9 nitrogen and oxygen atoms in total. The fraction of sp³-hybridized carbons (Fsp3) is 0.750. The maximum atomic E-state index is 11.8. The van der Waals surface area contributed by atoms with Gasteiger partial charge in [0.1, 0.15) is 5.82 Å². The summed E-state index contributed by atoms with van der Waals surface area (Å²) >= 11 is 1.24. The number of aryl methyl sites for hydroxylation is 1. The van der Waals surface area contributed by atoms with Gasteiger partial charge in [-0.25, -0.2) is 13.4 Å². The number of aromatic nitrogens is 3. The Labute approximate surface area is 139 Å². The van der Waals surface area contributed by atoms with E-state index in [9.17, 15) is 13.2 Å². The molecule has 2 N–H and O–H groups in total. The molecule has 0 radical (unpaired) electrons. The van der Waals surface area contributed by atoms with Gasteiger partial charge in [0, 0.05) is 26.1 Å². The SMILES string of the molecule is CCc1nc(SCC(=O)NCC2CN(S(C)(=O)=O)CCO2)n[nH]1. The number of hydrogen-bond donors (Lipinski definition) is 2. The first-order valence-corrected chi connectivity index (χ1v) is 10.1. The summed E-state index contributed by atoms with van der Waals surface area (Å²) in [5.41, 5.74) is 0. The van der Waals surface area contributed by atoms with Crippen LogP contribution in [0.4, 0.5) is 0 Å². The molecule has 0 aromatic carbocycles. The van der Waals surface area contributed by atoms with Crippen LogP contribution in [0.2, 0.25) is 0 Å². The van der Waals surface area contributed by atoms with Crippen molar-refractivity contribution in [2.45, 2.75) is 24.6 Å². The summed E-state index contributed by atoms with van der Waals surface area (Å²) in [6, 6.07) is 0. The highest BCUT2D eigenvalue weighted by atomic mass is 32.2. The molecule has 1 aliphatic rings. The Kier molecular flexibility index (Phi) is 6.39. The van der Waals surface area contributed by atoms with Gasteiger partial charge < -0.3 is 10.1 Å². The van der Waals surface area contributed by atoms with Crippen molar-refractivity contribution >= 4 is 27.7 Å². The van der Waals surface area contributed by atoms with Gasteiger partial charge in [-0.3, -0.25) is 9.89 Å². The van der Waals surface area contributed by atoms with E-state index in [1.54, 1.807) is 0 Å². The number of aromatic amines is 1. The Hall–Kier alpha value is -1.17. The average Bonchev–Trinajstić information content (AvgIpc) is 2.98. The lowest BCUT2D eigenvalue weighted by atomic mass is 10.3. The summed E-state index contributed by atoms with van der Waals surface area (Å²) in [5, 5.41) is 10.1. The van der Waals surface area contributed by atoms with Gasteiger partial charge >= 0.3 is 0 Å².